The Labute approximate surface area is 186 Å². The molecular weight excluding hydrogens is 500 g/mol. The van der Waals surface area contributed by atoms with Gasteiger partial charge in [-0.05, 0) is 69.5 Å². The second-order valence-electron chi connectivity index (χ2n) is 6.00. The molecule has 0 bridgehead atoms. The highest BCUT2D eigenvalue weighted by Gasteiger charge is 2.04. The van der Waals surface area contributed by atoms with E-state index in [1.165, 1.54) is 0 Å². The van der Waals surface area contributed by atoms with Crippen LogP contribution >= 0.6 is 31.9 Å². The van der Waals surface area contributed by atoms with E-state index in [0.29, 0.717) is 12.4 Å². The highest BCUT2D eigenvalue weighted by molar-refractivity contribution is 9.10. The first-order chi connectivity index (χ1) is 14.1. The first kappa shape index (κ1) is 21.1. The Morgan fingerprint density at radius 1 is 0.966 bits per heavy atom. The molecule has 0 fully saturated rings. The summed E-state index contributed by atoms with van der Waals surface area (Å²) >= 11 is 6.85. The van der Waals surface area contributed by atoms with Crippen LogP contribution in [-0.2, 0) is 11.4 Å². The standard InChI is InChI=1S/C22H18Br2N2O3/c23-18-7-9-19(10-8-18)28-15-22(27)26-25-13-17-6-11-21(20(24)12-17)29-14-16-4-2-1-3-5-16/h1-13H,14-15H2,(H,26,27)/b25-13-. The van der Waals surface area contributed by atoms with E-state index in [4.69, 9.17) is 9.47 Å². The Hall–Kier alpha value is -2.64. The molecule has 3 rings (SSSR count). The summed E-state index contributed by atoms with van der Waals surface area (Å²) in [6.45, 7) is 0.371. The van der Waals surface area contributed by atoms with Crippen molar-refractivity contribution < 1.29 is 14.3 Å². The molecule has 0 atom stereocenters. The van der Waals surface area contributed by atoms with Crippen LogP contribution < -0.4 is 14.9 Å². The van der Waals surface area contributed by atoms with E-state index in [9.17, 15) is 4.79 Å². The van der Waals surface area contributed by atoms with Gasteiger partial charge in [-0.15, -0.1) is 0 Å². The molecule has 7 heteroatoms. The molecule has 0 aliphatic carbocycles. The van der Waals surface area contributed by atoms with Crippen LogP contribution in [-0.4, -0.2) is 18.7 Å². The lowest BCUT2D eigenvalue weighted by atomic mass is 10.2. The fraction of sp³-hybridized carbons (Fsp3) is 0.0909. The van der Waals surface area contributed by atoms with Gasteiger partial charge in [-0.2, -0.15) is 5.10 Å². The summed E-state index contributed by atoms with van der Waals surface area (Å²) in [6, 6.07) is 22.8. The second-order valence-corrected chi connectivity index (χ2v) is 7.77. The van der Waals surface area contributed by atoms with Crippen molar-refractivity contribution in [2.75, 3.05) is 6.61 Å². The third kappa shape index (κ3) is 7.03. The predicted octanol–water partition coefficient (Wildman–Crippen LogP) is 5.32. The Morgan fingerprint density at radius 3 is 2.45 bits per heavy atom. The maximum absolute atomic E-state index is 11.8. The summed E-state index contributed by atoms with van der Waals surface area (Å²) in [6.07, 6.45) is 1.56. The van der Waals surface area contributed by atoms with E-state index in [1.807, 2.05) is 60.7 Å². The van der Waals surface area contributed by atoms with Crippen LogP contribution in [0.15, 0.2) is 86.8 Å². The average Bonchev–Trinajstić information content (AvgIpc) is 2.73. The van der Waals surface area contributed by atoms with E-state index in [0.717, 1.165) is 25.8 Å². The highest BCUT2D eigenvalue weighted by atomic mass is 79.9. The fourth-order valence-electron chi connectivity index (χ4n) is 2.34. The smallest absolute Gasteiger partial charge is 0.277 e. The predicted molar refractivity (Wildman–Crippen MR) is 120 cm³/mol. The van der Waals surface area contributed by atoms with Gasteiger partial charge < -0.3 is 9.47 Å². The van der Waals surface area contributed by atoms with E-state index < -0.39 is 0 Å². The number of benzene rings is 3. The van der Waals surface area contributed by atoms with E-state index in [1.54, 1.807) is 18.3 Å². The van der Waals surface area contributed by atoms with Gasteiger partial charge in [0.1, 0.15) is 18.1 Å². The van der Waals surface area contributed by atoms with Gasteiger partial charge in [-0.1, -0.05) is 46.3 Å². The van der Waals surface area contributed by atoms with Gasteiger partial charge in [0.2, 0.25) is 0 Å². The van der Waals surface area contributed by atoms with Gasteiger partial charge in [0.25, 0.3) is 5.91 Å². The second kappa shape index (κ2) is 10.8. The van der Waals surface area contributed by atoms with Crippen molar-refractivity contribution >= 4 is 44.0 Å². The third-order valence-electron chi connectivity index (χ3n) is 3.78. The first-order valence-corrected chi connectivity index (χ1v) is 10.4. The first-order valence-electron chi connectivity index (χ1n) is 8.77. The lowest BCUT2D eigenvalue weighted by molar-refractivity contribution is -0.123. The molecule has 29 heavy (non-hydrogen) atoms. The van der Waals surface area contributed by atoms with Crippen molar-refractivity contribution in [1.29, 1.82) is 0 Å². The zero-order chi connectivity index (χ0) is 20.5. The third-order valence-corrected chi connectivity index (χ3v) is 4.93. The van der Waals surface area contributed by atoms with Crippen molar-refractivity contribution in [1.82, 2.24) is 5.43 Å². The minimum Gasteiger partial charge on any atom is -0.488 e. The van der Waals surface area contributed by atoms with Crippen molar-refractivity contribution in [3.05, 3.63) is 92.9 Å². The van der Waals surface area contributed by atoms with Crippen LogP contribution in [0.25, 0.3) is 0 Å². The monoisotopic (exact) mass is 516 g/mol. The molecule has 0 aliphatic rings. The fourth-order valence-corrected chi connectivity index (χ4v) is 3.12. The topological polar surface area (TPSA) is 59.9 Å². The molecule has 0 aromatic heterocycles. The molecule has 1 amide bonds. The van der Waals surface area contributed by atoms with Gasteiger partial charge in [-0.25, -0.2) is 5.43 Å². The number of hydrazone groups is 1. The largest absolute Gasteiger partial charge is 0.488 e. The number of ether oxygens (including phenoxy) is 2. The zero-order valence-corrected chi connectivity index (χ0v) is 18.5. The molecule has 1 N–H and O–H groups in total. The molecular formula is C22H18Br2N2O3. The molecule has 0 saturated carbocycles. The number of rotatable bonds is 8. The number of hydrogen-bond donors (Lipinski definition) is 1. The maximum Gasteiger partial charge on any atom is 0.277 e. The molecule has 3 aromatic carbocycles. The van der Waals surface area contributed by atoms with Gasteiger partial charge in [-0.3, -0.25) is 4.79 Å². The molecule has 148 valence electrons. The molecule has 0 aliphatic heterocycles. The van der Waals surface area contributed by atoms with Crippen LogP contribution in [0.1, 0.15) is 11.1 Å². The van der Waals surface area contributed by atoms with E-state index in [-0.39, 0.29) is 12.5 Å². The van der Waals surface area contributed by atoms with Gasteiger partial charge in [0, 0.05) is 4.47 Å². The minimum absolute atomic E-state index is 0.116. The average molecular weight is 518 g/mol. The number of nitrogens with zero attached hydrogens (tertiary/aromatic N) is 1. The van der Waals surface area contributed by atoms with Crippen LogP contribution in [0.2, 0.25) is 0 Å². The highest BCUT2D eigenvalue weighted by Crippen LogP contribution is 2.26. The van der Waals surface area contributed by atoms with Crippen molar-refractivity contribution in [3.8, 4) is 11.5 Å². The number of carbonyl (C=O) groups is 1. The molecule has 5 nitrogen and oxygen atoms in total. The van der Waals surface area contributed by atoms with Crippen LogP contribution in [0.5, 0.6) is 11.5 Å². The summed E-state index contributed by atoms with van der Waals surface area (Å²) < 4.78 is 13.0. The summed E-state index contributed by atoms with van der Waals surface area (Å²) in [5, 5.41) is 3.96. The molecule has 0 heterocycles. The summed E-state index contributed by atoms with van der Waals surface area (Å²) in [7, 11) is 0. The Kier molecular flexibility index (Phi) is 7.84. The van der Waals surface area contributed by atoms with Gasteiger partial charge in [0.05, 0.1) is 10.7 Å². The van der Waals surface area contributed by atoms with Crippen molar-refractivity contribution in [3.63, 3.8) is 0 Å². The van der Waals surface area contributed by atoms with Crippen LogP contribution in [0, 0.1) is 0 Å². The lowest BCUT2D eigenvalue weighted by Crippen LogP contribution is -2.24. The van der Waals surface area contributed by atoms with Crippen molar-refractivity contribution in [2.24, 2.45) is 5.10 Å². The van der Waals surface area contributed by atoms with Crippen LogP contribution in [0.4, 0.5) is 0 Å². The van der Waals surface area contributed by atoms with E-state index in [2.05, 4.69) is 42.4 Å². The lowest BCUT2D eigenvalue weighted by Gasteiger charge is -2.09. The van der Waals surface area contributed by atoms with E-state index >= 15 is 0 Å². The molecule has 0 unspecified atom stereocenters. The minimum atomic E-state index is -0.342. The molecule has 0 saturated heterocycles. The molecule has 0 radical (unpaired) electrons. The maximum atomic E-state index is 11.8. The zero-order valence-electron chi connectivity index (χ0n) is 15.3. The summed E-state index contributed by atoms with van der Waals surface area (Å²) in [5.41, 5.74) is 4.36. The molecule has 0 spiro atoms. The SMILES string of the molecule is O=C(COc1ccc(Br)cc1)N/N=C\c1ccc(OCc2ccccc2)c(Br)c1. The normalized spacial score (nSPS) is 10.7. The number of amides is 1. The molecule has 3 aromatic rings. The van der Waals surface area contributed by atoms with Crippen molar-refractivity contribution in [2.45, 2.75) is 6.61 Å². The Morgan fingerprint density at radius 2 is 1.72 bits per heavy atom. The Balaban J connectivity index is 1.46. The quantitative estimate of drug-likeness (QED) is 0.325. The Bertz CT molecular complexity index is 977. The van der Waals surface area contributed by atoms with Crippen LogP contribution in [0.3, 0.4) is 0 Å². The number of hydrogen-bond acceptors (Lipinski definition) is 4. The number of carbonyl (C=O) groups excluding carboxylic acids is 1. The number of nitrogens with one attached hydrogen (secondary N) is 1. The van der Waals surface area contributed by atoms with Gasteiger partial charge >= 0.3 is 0 Å². The summed E-state index contributed by atoms with van der Waals surface area (Å²) in [4.78, 5) is 11.8. The number of halogens is 2. The van der Waals surface area contributed by atoms with Gasteiger partial charge in [0.15, 0.2) is 6.61 Å². The summed E-state index contributed by atoms with van der Waals surface area (Å²) in [5.74, 6) is 1.01.